The number of benzene rings is 1. The van der Waals surface area contributed by atoms with Gasteiger partial charge in [-0.05, 0) is 46.8 Å². The van der Waals surface area contributed by atoms with Gasteiger partial charge in [0.2, 0.25) is 0 Å². The summed E-state index contributed by atoms with van der Waals surface area (Å²) in [5.41, 5.74) is 0.772. The molecule has 20 heavy (non-hydrogen) atoms. The average Bonchev–Trinajstić information content (AvgIpc) is 3.10. The molecule has 2 heterocycles. The topological polar surface area (TPSA) is 69.9 Å². The number of thiophene rings is 1. The molecule has 1 aromatic carbocycles. The molecule has 0 fully saturated rings. The molecule has 2 aromatic heterocycles. The summed E-state index contributed by atoms with van der Waals surface area (Å²) in [7, 11) is 0. The van der Waals surface area contributed by atoms with Crippen molar-refractivity contribution in [1.82, 2.24) is 20.2 Å². The van der Waals surface area contributed by atoms with Crippen LogP contribution in [0.3, 0.4) is 0 Å². The van der Waals surface area contributed by atoms with Gasteiger partial charge in [0.1, 0.15) is 17.0 Å². The number of tetrazole rings is 1. The molecule has 0 amide bonds. The highest BCUT2D eigenvalue weighted by molar-refractivity contribution is 7.17. The van der Waals surface area contributed by atoms with E-state index in [0.717, 1.165) is 5.69 Å². The Morgan fingerprint density at radius 1 is 1.20 bits per heavy atom. The predicted molar refractivity (Wildman–Crippen MR) is 73.4 cm³/mol. The summed E-state index contributed by atoms with van der Waals surface area (Å²) in [4.78, 5) is 12.3. The third-order valence-electron chi connectivity index (χ3n) is 2.44. The molecule has 6 nitrogen and oxygen atoms in total. The first kappa shape index (κ1) is 12.8. The van der Waals surface area contributed by atoms with Gasteiger partial charge >= 0.3 is 5.97 Å². The normalized spacial score (nSPS) is 10.4. The summed E-state index contributed by atoms with van der Waals surface area (Å²) in [6, 6.07) is 10.1. The number of hydrogen-bond acceptors (Lipinski definition) is 6. The number of rotatable bonds is 3. The van der Waals surface area contributed by atoms with Crippen molar-refractivity contribution in [3.8, 4) is 11.4 Å². The van der Waals surface area contributed by atoms with Crippen LogP contribution < -0.4 is 4.74 Å². The molecule has 0 spiro atoms. The third kappa shape index (κ3) is 2.68. The van der Waals surface area contributed by atoms with E-state index in [1.165, 1.54) is 22.3 Å². The Morgan fingerprint density at radius 3 is 2.60 bits per heavy atom. The molecule has 0 N–H and O–H groups in total. The van der Waals surface area contributed by atoms with Gasteiger partial charge < -0.3 is 4.74 Å². The van der Waals surface area contributed by atoms with E-state index in [4.69, 9.17) is 16.3 Å². The monoisotopic (exact) mass is 306 g/mol. The molecule has 0 saturated heterocycles. The van der Waals surface area contributed by atoms with Crippen LogP contribution >= 0.6 is 22.9 Å². The Balaban J connectivity index is 1.74. The number of halogens is 1. The highest BCUT2D eigenvalue weighted by Gasteiger charge is 2.11. The van der Waals surface area contributed by atoms with Crippen molar-refractivity contribution < 1.29 is 9.53 Å². The molecular formula is C12H7ClN4O2S. The van der Waals surface area contributed by atoms with Crippen LogP contribution in [0, 0.1) is 0 Å². The third-order valence-corrected chi connectivity index (χ3v) is 3.65. The van der Waals surface area contributed by atoms with Crippen LogP contribution in [0.15, 0.2) is 42.7 Å². The second kappa shape index (κ2) is 5.40. The maximum atomic E-state index is 11.8. The van der Waals surface area contributed by atoms with Gasteiger partial charge in [-0.25, -0.2) is 9.48 Å². The second-order valence-corrected chi connectivity index (χ2v) is 5.46. The van der Waals surface area contributed by atoms with Gasteiger partial charge in [-0.15, -0.1) is 16.4 Å². The van der Waals surface area contributed by atoms with Crippen molar-refractivity contribution in [3.05, 3.63) is 51.9 Å². The van der Waals surface area contributed by atoms with Gasteiger partial charge in [-0.2, -0.15) is 0 Å². The summed E-state index contributed by atoms with van der Waals surface area (Å²) in [5.74, 6) is 0.00780. The number of carbonyl (C=O) groups excluding carboxylic acids is 1. The molecule has 100 valence electrons. The lowest BCUT2D eigenvalue weighted by molar-refractivity contribution is 0.0740. The van der Waals surface area contributed by atoms with E-state index in [1.807, 2.05) is 0 Å². The molecule has 0 aliphatic heterocycles. The molecule has 0 atom stereocenters. The smallest absolute Gasteiger partial charge is 0.353 e. The maximum absolute atomic E-state index is 11.8. The minimum Gasteiger partial charge on any atom is -0.422 e. The minimum absolute atomic E-state index is 0.433. The molecule has 0 saturated carbocycles. The molecule has 0 aliphatic rings. The van der Waals surface area contributed by atoms with E-state index in [9.17, 15) is 4.79 Å². The zero-order valence-electron chi connectivity index (χ0n) is 9.93. The van der Waals surface area contributed by atoms with Crippen molar-refractivity contribution in [2.75, 3.05) is 0 Å². The van der Waals surface area contributed by atoms with E-state index in [-0.39, 0.29) is 0 Å². The van der Waals surface area contributed by atoms with Gasteiger partial charge in [0.05, 0.1) is 10.0 Å². The van der Waals surface area contributed by atoms with Gasteiger partial charge in [-0.3, -0.25) is 0 Å². The molecule has 3 aromatic rings. The van der Waals surface area contributed by atoms with Gasteiger partial charge in [0.15, 0.2) is 0 Å². The van der Waals surface area contributed by atoms with Gasteiger partial charge in [0.25, 0.3) is 0 Å². The van der Waals surface area contributed by atoms with Crippen LogP contribution in [0.1, 0.15) is 9.67 Å². The number of ether oxygens (including phenoxy) is 1. The fraction of sp³-hybridized carbons (Fsp3) is 0. The van der Waals surface area contributed by atoms with Crippen molar-refractivity contribution in [3.63, 3.8) is 0 Å². The molecular weight excluding hydrogens is 300 g/mol. The Morgan fingerprint density at radius 2 is 2.00 bits per heavy atom. The lowest BCUT2D eigenvalue weighted by atomic mass is 10.3. The highest BCUT2D eigenvalue weighted by atomic mass is 35.5. The van der Waals surface area contributed by atoms with Crippen LogP contribution in [0.25, 0.3) is 5.69 Å². The Labute approximate surface area is 122 Å². The summed E-state index contributed by atoms with van der Waals surface area (Å²) < 4.78 is 7.29. The Bertz CT molecular complexity index is 724. The van der Waals surface area contributed by atoms with Crippen LogP contribution in [-0.4, -0.2) is 26.2 Å². The molecule has 0 aliphatic carbocycles. The summed E-state index contributed by atoms with van der Waals surface area (Å²) in [6.07, 6.45) is 1.48. The van der Waals surface area contributed by atoms with E-state index < -0.39 is 5.97 Å². The van der Waals surface area contributed by atoms with Crippen LogP contribution in [0.2, 0.25) is 4.34 Å². The fourth-order valence-electron chi connectivity index (χ4n) is 1.53. The zero-order valence-corrected chi connectivity index (χ0v) is 11.5. The van der Waals surface area contributed by atoms with Crippen molar-refractivity contribution in [2.24, 2.45) is 0 Å². The quantitative estimate of drug-likeness (QED) is 0.549. The first-order valence-electron chi connectivity index (χ1n) is 5.53. The summed E-state index contributed by atoms with van der Waals surface area (Å²) >= 11 is 6.95. The van der Waals surface area contributed by atoms with Crippen LogP contribution in [-0.2, 0) is 0 Å². The number of esters is 1. The fourth-order valence-corrected chi connectivity index (χ4v) is 2.45. The number of hydrogen-bond donors (Lipinski definition) is 0. The second-order valence-electron chi connectivity index (χ2n) is 3.74. The van der Waals surface area contributed by atoms with Crippen LogP contribution in [0.4, 0.5) is 0 Å². The summed E-state index contributed by atoms with van der Waals surface area (Å²) in [6.45, 7) is 0. The standard InChI is InChI=1S/C12H7ClN4O2S/c13-11-6-5-10(20-11)12(18)19-9-3-1-8(2-4-9)17-7-14-15-16-17/h1-7H. The van der Waals surface area contributed by atoms with E-state index in [2.05, 4.69) is 15.5 Å². The maximum Gasteiger partial charge on any atom is 0.353 e. The zero-order chi connectivity index (χ0) is 13.9. The molecule has 0 unspecified atom stereocenters. The lowest BCUT2D eigenvalue weighted by Crippen LogP contribution is -2.06. The first-order chi connectivity index (χ1) is 9.72. The Hall–Kier alpha value is -2.25. The number of aromatic nitrogens is 4. The van der Waals surface area contributed by atoms with Crippen molar-refractivity contribution >= 4 is 28.9 Å². The number of nitrogens with zero attached hydrogens (tertiary/aromatic N) is 4. The van der Waals surface area contributed by atoms with E-state index in [0.29, 0.717) is 15.0 Å². The largest absolute Gasteiger partial charge is 0.422 e. The van der Waals surface area contributed by atoms with Crippen LogP contribution in [0.5, 0.6) is 5.75 Å². The first-order valence-corrected chi connectivity index (χ1v) is 6.73. The highest BCUT2D eigenvalue weighted by Crippen LogP contribution is 2.23. The Kier molecular flexibility index (Phi) is 3.44. The van der Waals surface area contributed by atoms with Gasteiger partial charge in [-0.1, -0.05) is 11.6 Å². The molecule has 0 bridgehead atoms. The summed E-state index contributed by atoms with van der Waals surface area (Å²) in [5, 5.41) is 10.9. The predicted octanol–water partition coefficient (Wildman–Crippen LogP) is 2.60. The molecule has 8 heteroatoms. The lowest BCUT2D eigenvalue weighted by Gasteiger charge is -2.04. The average molecular weight is 307 g/mol. The molecule has 3 rings (SSSR count). The molecule has 0 radical (unpaired) electrons. The number of carbonyl (C=O) groups is 1. The van der Waals surface area contributed by atoms with Crippen molar-refractivity contribution in [2.45, 2.75) is 0 Å². The SMILES string of the molecule is O=C(Oc1ccc(-n2cnnn2)cc1)c1ccc(Cl)s1. The van der Waals surface area contributed by atoms with E-state index in [1.54, 1.807) is 36.4 Å². The van der Waals surface area contributed by atoms with Crippen molar-refractivity contribution in [1.29, 1.82) is 0 Å². The van der Waals surface area contributed by atoms with E-state index >= 15 is 0 Å². The minimum atomic E-state index is -0.433. The van der Waals surface area contributed by atoms with Gasteiger partial charge in [0, 0.05) is 0 Å².